The fourth-order valence-corrected chi connectivity index (χ4v) is 6.47. The molecule has 2 heterocycles. The lowest BCUT2D eigenvalue weighted by Crippen LogP contribution is -2.80. The van der Waals surface area contributed by atoms with Crippen molar-refractivity contribution in [3.8, 4) is 11.9 Å². The molecular weight excluding hydrogens is 352 g/mol. The van der Waals surface area contributed by atoms with Gasteiger partial charge in [0.25, 0.3) is 5.91 Å². The normalized spacial score (nSPS) is 35.5. The van der Waals surface area contributed by atoms with Gasteiger partial charge in [-0.1, -0.05) is 0 Å². The van der Waals surface area contributed by atoms with Gasteiger partial charge in [0.1, 0.15) is 18.2 Å². The smallest absolute Gasteiger partial charge is 0.258 e. The number of amides is 1. The number of nitrogens with zero attached hydrogens (tertiary/aromatic N) is 4. The second-order valence-corrected chi connectivity index (χ2v) is 9.60. The van der Waals surface area contributed by atoms with E-state index in [1.807, 2.05) is 13.8 Å². The standard InChI is InChI=1S/C22H28N4O2/c1-22(2)21(27)26(20-17-8-15-7-16(10-17)11-18(20)9-15)25(22)5-6-28-19-4-3-14(12-23)13-24-19/h3-4,13,15-18,20H,5-11H2,1-2H3. The molecule has 0 radical (unpaired) electrons. The molecule has 148 valence electrons. The Morgan fingerprint density at radius 1 is 1.18 bits per heavy atom. The molecular formula is C22H28N4O2. The minimum atomic E-state index is -0.462. The van der Waals surface area contributed by atoms with E-state index in [4.69, 9.17) is 10.00 Å². The highest BCUT2D eigenvalue weighted by atomic mass is 16.5. The lowest BCUT2D eigenvalue weighted by atomic mass is 9.53. The number of carbonyl (C=O) groups excluding carboxylic acids is 1. The van der Waals surface area contributed by atoms with Gasteiger partial charge in [-0.3, -0.25) is 9.80 Å². The number of rotatable bonds is 5. The van der Waals surface area contributed by atoms with Gasteiger partial charge in [0, 0.05) is 12.3 Å². The minimum absolute atomic E-state index is 0.265. The van der Waals surface area contributed by atoms with Crippen LogP contribution >= 0.6 is 0 Å². The first-order valence-electron chi connectivity index (χ1n) is 10.6. The summed E-state index contributed by atoms with van der Waals surface area (Å²) in [5.41, 5.74) is 0.0609. The van der Waals surface area contributed by atoms with Gasteiger partial charge in [0.2, 0.25) is 5.88 Å². The van der Waals surface area contributed by atoms with E-state index in [-0.39, 0.29) is 5.91 Å². The second kappa shape index (κ2) is 6.45. The highest BCUT2D eigenvalue weighted by Crippen LogP contribution is 2.56. The van der Waals surface area contributed by atoms with E-state index in [9.17, 15) is 4.79 Å². The van der Waals surface area contributed by atoms with Gasteiger partial charge in [-0.15, -0.1) is 0 Å². The van der Waals surface area contributed by atoms with Crippen LogP contribution in [0.3, 0.4) is 0 Å². The predicted molar refractivity (Wildman–Crippen MR) is 103 cm³/mol. The number of hydrogen-bond donors (Lipinski definition) is 0. The van der Waals surface area contributed by atoms with Gasteiger partial charge in [0.15, 0.2) is 0 Å². The number of aromatic nitrogens is 1. The van der Waals surface area contributed by atoms with Gasteiger partial charge in [-0.25, -0.2) is 4.98 Å². The fourth-order valence-electron chi connectivity index (χ4n) is 6.47. The van der Waals surface area contributed by atoms with Gasteiger partial charge >= 0.3 is 0 Å². The molecule has 6 rings (SSSR count). The second-order valence-electron chi connectivity index (χ2n) is 9.60. The predicted octanol–water partition coefficient (Wildman–Crippen LogP) is 2.99. The summed E-state index contributed by atoms with van der Waals surface area (Å²) in [6.07, 6.45) is 8.17. The van der Waals surface area contributed by atoms with Crippen molar-refractivity contribution >= 4 is 5.91 Å². The Morgan fingerprint density at radius 3 is 2.43 bits per heavy atom. The molecule has 0 N–H and O–H groups in total. The number of pyridine rings is 1. The molecule has 28 heavy (non-hydrogen) atoms. The maximum absolute atomic E-state index is 13.0. The molecule has 1 aliphatic heterocycles. The Labute approximate surface area is 166 Å². The molecule has 1 saturated heterocycles. The first-order valence-corrected chi connectivity index (χ1v) is 10.6. The molecule has 4 aliphatic carbocycles. The lowest BCUT2D eigenvalue weighted by Gasteiger charge is -2.65. The van der Waals surface area contributed by atoms with Crippen LogP contribution in [-0.2, 0) is 4.79 Å². The summed E-state index contributed by atoms with van der Waals surface area (Å²) in [4.78, 5) is 17.2. The molecule has 4 saturated carbocycles. The highest BCUT2D eigenvalue weighted by Gasteiger charge is 2.60. The summed E-state index contributed by atoms with van der Waals surface area (Å²) in [6.45, 7) is 5.17. The van der Waals surface area contributed by atoms with Crippen molar-refractivity contribution in [2.45, 2.75) is 57.5 Å². The Bertz CT molecular complexity index is 785. The van der Waals surface area contributed by atoms with Crippen LogP contribution in [0.1, 0.15) is 51.5 Å². The van der Waals surface area contributed by atoms with Crippen molar-refractivity contribution in [2.75, 3.05) is 13.2 Å². The number of carbonyl (C=O) groups is 1. The molecule has 5 aliphatic rings. The first-order chi connectivity index (χ1) is 13.5. The van der Waals surface area contributed by atoms with Crippen LogP contribution in [0.25, 0.3) is 0 Å². The monoisotopic (exact) mass is 380 g/mol. The van der Waals surface area contributed by atoms with E-state index in [0.29, 0.717) is 42.5 Å². The maximum atomic E-state index is 13.0. The molecule has 6 heteroatoms. The molecule has 4 bridgehead atoms. The van der Waals surface area contributed by atoms with Gasteiger partial charge in [0.05, 0.1) is 18.2 Å². The molecule has 1 aromatic heterocycles. The van der Waals surface area contributed by atoms with Crippen molar-refractivity contribution in [2.24, 2.45) is 23.7 Å². The fraction of sp³-hybridized carbons (Fsp3) is 0.682. The number of hydrazine groups is 1. The number of nitriles is 1. The van der Waals surface area contributed by atoms with E-state index in [1.165, 1.54) is 38.3 Å². The summed E-state index contributed by atoms with van der Waals surface area (Å²) >= 11 is 0. The van der Waals surface area contributed by atoms with Crippen LogP contribution in [0.2, 0.25) is 0 Å². The van der Waals surface area contributed by atoms with Gasteiger partial charge in [-0.2, -0.15) is 10.3 Å². The number of ether oxygens (including phenoxy) is 1. The number of hydrogen-bond acceptors (Lipinski definition) is 5. The van der Waals surface area contributed by atoms with Crippen LogP contribution in [0.5, 0.6) is 5.88 Å². The van der Waals surface area contributed by atoms with Crippen LogP contribution in [0.15, 0.2) is 18.3 Å². The third-order valence-corrected chi connectivity index (χ3v) is 7.51. The summed E-state index contributed by atoms with van der Waals surface area (Å²) < 4.78 is 5.79. The van der Waals surface area contributed by atoms with Crippen molar-refractivity contribution in [1.82, 2.24) is 15.0 Å². The zero-order chi connectivity index (χ0) is 19.5. The van der Waals surface area contributed by atoms with E-state index < -0.39 is 5.54 Å². The van der Waals surface area contributed by atoms with E-state index >= 15 is 0 Å². The zero-order valence-electron chi connectivity index (χ0n) is 16.7. The average Bonchev–Trinajstić information content (AvgIpc) is 2.68. The molecule has 1 amide bonds. The zero-order valence-corrected chi connectivity index (χ0v) is 16.7. The highest BCUT2D eigenvalue weighted by molar-refractivity contribution is 5.90. The largest absolute Gasteiger partial charge is 0.476 e. The van der Waals surface area contributed by atoms with E-state index in [1.54, 1.807) is 12.1 Å². The molecule has 0 atom stereocenters. The van der Waals surface area contributed by atoms with Crippen LogP contribution in [0.4, 0.5) is 0 Å². The lowest BCUT2D eigenvalue weighted by molar-refractivity contribution is -0.249. The summed E-state index contributed by atoms with van der Waals surface area (Å²) in [7, 11) is 0. The Hall–Kier alpha value is -2.13. The molecule has 6 nitrogen and oxygen atoms in total. The summed E-state index contributed by atoms with van der Waals surface area (Å²) in [5.74, 6) is 3.95. The van der Waals surface area contributed by atoms with E-state index in [2.05, 4.69) is 21.1 Å². The molecule has 0 unspecified atom stereocenters. The van der Waals surface area contributed by atoms with Gasteiger partial charge in [-0.05, 0) is 75.7 Å². The topological polar surface area (TPSA) is 69.5 Å². The van der Waals surface area contributed by atoms with Crippen molar-refractivity contribution in [1.29, 1.82) is 5.26 Å². The van der Waals surface area contributed by atoms with Crippen molar-refractivity contribution in [3.05, 3.63) is 23.9 Å². The Morgan fingerprint density at radius 2 is 1.86 bits per heavy atom. The molecule has 1 aromatic rings. The van der Waals surface area contributed by atoms with Crippen molar-refractivity contribution < 1.29 is 9.53 Å². The molecule has 0 aromatic carbocycles. The van der Waals surface area contributed by atoms with Crippen molar-refractivity contribution in [3.63, 3.8) is 0 Å². The van der Waals surface area contributed by atoms with Crippen LogP contribution < -0.4 is 4.74 Å². The molecule has 0 spiro atoms. The quantitative estimate of drug-likeness (QED) is 0.785. The maximum Gasteiger partial charge on any atom is 0.258 e. The molecule has 5 fully saturated rings. The third kappa shape index (κ3) is 2.71. The summed E-state index contributed by atoms with van der Waals surface area (Å²) in [5, 5.41) is 13.2. The third-order valence-electron chi connectivity index (χ3n) is 7.51. The minimum Gasteiger partial charge on any atom is -0.476 e. The summed E-state index contributed by atoms with van der Waals surface area (Å²) in [6, 6.07) is 5.88. The van der Waals surface area contributed by atoms with Crippen LogP contribution in [0, 0.1) is 35.0 Å². The Kier molecular flexibility index (Phi) is 4.13. The first kappa shape index (κ1) is 17.9. The Balaban J connectivity index is 1.26. The van der Waals surface area contributed by atoms with E-state index in [0.717, 1.165) is 11.8 Å². The van der Waals surface area contributed by atoms with Crippen LogP contribution in [-0.4, -0.2) is 45.6 Å². The van der Waals surface area contributed by atoms with Gasteiger partial charge < -0.3 is 4.74 Å². The average molecular weight is 380 g/mol. The SMILES string of the molecule is CC1(C)C(=O)N(C2C3CC4CC(C3)CC2C4)N1CCOc1ccc(C#N)cn1.